The van der Waals surface area contributed by atoms with Crippen LogP contribution in [0.4, 0.5) is 13.2 Å². The summed E-state index contributed by atoms with van der Waals surface area (Å²) in [5.41, 5.74) is 4.64. The molecule has 1 fully saturated rings. The zero-order valence-electron chi connectivity index (χ0n) is 15.3. The van der Waals surface area contributed by atoms with Crippen molar-refractivity contribution in [1.82, 2.24) is 10.2 Å². The maximum absolute atomic E-state index is 12.7. The predicted octanol–water partition coefficient (Wildman–Crippen LogP) is 3.08. The van der Waals surface area contributed by atoms with Gasteiger partial charge >= 0.3 is 6.18 Å². The third-order valence-electron chi connectivity index (χ3n) is 4.60. The Labute approximate surface area is 166 Å². The van der Waals surface area contributed by atoms with Crippen molar-refractivity contribution < 1.29 is 22.8 Å². The molecule has 2 amide bonds. The van der Waals surface area contributed by atoms with Crippen molar-refractivity contribution in [3.05, 3.63) is 40.4 Å². The van der Waals surface area contributed by atoms with E-state index >= 15 is 0 Å². The van der Waals surface area contributed by atoms with Gasteiger partial charge in [0.1, 0.15) is 0 Å². The average molecular weight is 418 g/mol. The number of piperidine rings is 1. The normalized spacial score (nSPS) is 18.4. The molecule has 1 aromatic carbocycles. The third-order valence-corrected chi connectivity index (χ3v) is 4.94. The second-order valence-electron chi connectivity index (χ2n) is 6.75. The minimum Gasteiger partial charge on any atom is -0.369 e. The molecule has 0 radical (unpaired) electrons. The number of rotatable bonds is 7. The summed E-state index contributed by atoms with van der Waals surface area (Å²) in [6, 6.07) is 2.95. The fourth-order valence-electron chi connectivity index (χ4n) is 3.08. The molecule has 28 heavy (non-hydrogen) atoms. The summed E-state index contributed by atoms with van der Waals surface area (Å²) in [6.07, 6.45) is 0.360. The highest BCUT2D eigenvalue weighted by Crippen LogP contribution is 2.32. The number of nitrogens with one attached hydrogen (secondary N) is 1. The van der Waals surface area contributed by atoms with Gasteiger partial charge in [-0.15, -0.1) is 0 Å². The van der Waals surface area contributed by atoms with E-state index in [4.69, 9.17) is 17.3 Å². The van der Waals surface area contributed by atoms with Crippen LogP contribution < -0.4 is 11.1 Å². The minimum atomic E-state index is -4.47. The van der Waals surface area contributed by atoms with E-state index in [9.17, 15) is 22.8 Å². The summed E-state index contributed by atoms with van der Waals surface area (Å²) in [7, 11) is 0. The molecule has 0 spiro atoms. The van der Waals surface area contributed by atoms with E-state index in [1.807, 2.05) is 0 Å². The van der Waals surface area contributed by atoms with Crippen molar-refractivity contribution in [2.75, 3.05) is 26.2 Å². The zero-order valence-corrected chi connectivity index (χ0v) is 16.0. The molecule has 1 heterocycles. The number of halogens is 4. The number of hydrogen-bond acceptors (Lipinski definition) is 3. The van der Waals surface area contributed by atoms with Crippen molar-refractivity contribution in [3.8, 4) is 0 Å². The van der Waals surface area contributed by atoms with E-state index in [0.717, 1.165) is 50.2 Å². The molecule has 1 aliphatic rings. The number of likely N-dealkylation sites (tertiary alicyclic amines) is 1. The Balaban J connectivity index is 1.78. The SMILES string of the molecule is NC(=O)C1CCCN(CCCNC(=O)/C=C/c2cc(C(F)(F)F)ccc2Cl)C1. The number of benzene rings is 1. The summed E-state index contributed by atoms with van der Waals surface area (Å²) in [6.45, 7) is 2.67. The lowest BCUT2D eigenvalue weighted by Crippen LogP contribution is -2.42. The van der Waals surface area contributed by atoms with Gasteiger partial charge in [0.15, 0.2) is 0 Å². The topological polar surface area (TPSA) is 75.4 Å². The van der Waals surface area contributed by atoms with Gasteiger partial charge in [0.2, 0.25) is 11.8 Å². The Kier molecular flexibility index (Phi) is 7.88. The van der Waals surface area contributed by atoms with Crippen LogP contribution in [0.1, 0.15) is 30.4 Å². The van der Waals surface area contributed by atoms with Gasteiger partial charge in [-0.2, -0.15) is 13.2 Å². The van der Waals surface area contributed by atoms with Gasteiger partial charge in [-0.25, -0.2) is 0 Å². The van der Waals surface area contributed by atoms with E-state index in [-0.39, 0.29) is 22.4 Å². The summed E-state index contributed by atoms with van der Waals surface area (Å²) in [5.74, 6) is -0.818. The molecule has 9 heteroatoms. The number of carbonyl (C=O) groups is 2. The van der Waals surface area contributed by atoms with Gasteiger partial charge in [0.25, 0.3) is 0 Å². The van der Waals surface area contributed by atoms with Crippen molar-refractivity contribution in [3.63, 3.8) is 0 Å². The number of nitrogens with two attached hydrogens (primary N) is 1. The molecule has 1 aliphatic heterocycles. The lowest BCUT2D eigenvalue weighted by Gasteiger charge is -2.31. The van der Waals surface area contributed by atoms with Crippen LogP contribution in [0.15, 0.2) is 24.3 Å². The van der Waals surface area contributed by atoms with Crippen LogP contribution >= 0.6 is 11.6 Å². The Hall–Kier alpha value is -2.06. The number of alkyl halides is 3. The van der Waals surface area contributed by atoms with Crippen molar-refractivity contribution >= 4 is 29.5 Å². The van der Waals surface area contributed by atoms with Crippen molar-refractivity contribution in [2.45, 2.75) is 25.4 Å². The monoisotopic (exact) mass is 417 g/mol. The van der Waals surface area contributed by atoms with Gasteiger partial charge in [-0.05, 0) is 62.2 Å². The molecule has 5 nitrogen and oxygen atoms in total. The van der Waals surface area contributed by atoms with E-state index in [1.54, 1.807) is 0 Å². The molecule has 3 N–H and O–H groups in total. The maximum atomic E-state index is 12.7. The highest BCUT2D eigenvalue weighted by molar-refractivity contribution is 6.32. The lowest BCUT2D eigenvalue weighted by atomic mass is 9.97. The standard InChI is InChI=1S/C19H23ClF3N3O2/c20-16-6-5-15(19(21,22)23)11-13(16)4-7-17(27)25-8-2-10-26-9-1-3-14(12-26)18(24)28/h4-7,11,14H,1-3,8-10,12H2,(H2,24,28)(H,25,27)/b7-4+. The summed E-state index contributed by atoms with van der Waals surface area (Å²) in [5, 5.41) is 2.81. The molecule has 0 saturated carbocycles. The second-order valence-corrected chi connectivity index (χ2v) is 7.16. The quantitative estimate of drug-likeness (QED) is 0.529. The first-order valence-electron chi connectivity index (χ1n) is 9.01. The molecule has 1 saturated heterocycles. The molecular weight excluding hydrogens is 395 g/mol. The first-order valence-corrected chi connectivity index (χ1v) is 9.39. The Morgan fingerprint density at radius 2 is 2.11 bits per heavy atom. The smallest absolute Gasteiger partial charge is 0.369 e. The summed E-state index contributed by atoms with van der Waals surface area (Å²) < 4.78 is 38.2. The minimum absolute atomic E-state index is 0.122. The third kappa shape index (κ3) is 6.83. The van der Waals surface area contributed by atoms with Crippen LogP contribution in [-0.4, -0.2) is 42.9 Å². The number of primary amides is 1. The Morgan fingerprint density at radius 1 is 1.36 bits per heavy atom. The first kappa shape index (κ1) is 22.2. The molecule has 0 aliphatic carbocycles. The fraction of sp³-hybridized carbons (Fsp3) is 0.474. The van der Waals surface area contributed by atoms with Gasteiger partial charge in [0, 0.05) is 24.2 Å². The van der Waals surface area contributed by atoms with Gasteiger partial charge in [0.05, 0.1) is 11.5 Å². The molecule has 1 aromatic rings. The van der Waals surface area contributed by atoms with E-state index in [0.29, 0.717) is 19.5 Å². The number of nitrogens with zero attached hydrogens (tertiary/aromatic N) is 1. The van der Waals surface area contributed by atoms with Gasteiger partial charge in [-0.1, -0.05) is 11.6 Å². The number of carbonyl (C=O) groups excluding carboxylic acids is 2. The highest BCUT2D eigenvalue weighted by Gasteiger charge is 2.30. The van der Waals surface area contributed by atoms with Gasteiger partial charge in [-0.3, -0.25) is 9.59 Å². The van der Waals surface area contributed by atoms with Gasteiger partial charge < -0.3 is 16.0 Å². The van der Waals surface area contributed by atoms with Crippen LogP contribution in [0.3, 0.4) is 0 Å². The molecule has 2 rings (SSSR count). The Morgan fingerprint density at radius 3 is 2.79 bits per heavy atom. The fourth-order valence-corrected chi connectivity index (χ4v) is 3.26. The average Bonchev–Trinajstić information content (AvgIpc) is 2.64. The van der Waals surface area contributed by atoms with Crippen molar-refractivity contribution in [1.29, 1.82) is 0 Å². The van der Waals surface area contributed by atoms with E-state index < -0.39 is 17.6 Å². The summed E-state index contributed by atoms with van der Waals surface area (Å²) >= 11 is 5.89. The van der Waals surface area contributed by atoms with E-state index in [1.165, 1.54) is 6.08 Å². The predicted molar refractivity (Wildman–Crippen MR) is 101 cm³/mol. The number of hydrogen-bond donors (Lipinski definition) is 2. The van der Waals surface area contributed by atoms with Crippen LogP contribution in [0.5, 0.6) is 0 Å². The molecule has 0 aromatic heterocycles. The highest BCUT2D eigenvalue weighted by atomic mass is 35.5. The van der Waals surface area contributed by atoms with E-state index in [2.05, 4.69) is 10.2 Å². The Bertz CT molecular complexity index is 738. The molecular formula is C19H23ClF3N3O2. The molecule has 1 unspecified atom stereocenters. The molecule has 154 valence electrons. The molecule has 1 atom stereocenters. The van der Waals surface area contributed by atoms with Crippen LogP contribution in [0, 0.1) is 5.92 Å². The van der Waals surface area contributed by atoms with Crippen molar-refractivity contribution in [2.24, 2.45) is 11.7 Å². The van der Waals surface area contributed by atoms with Crippen LogP contribution in [0.25, 0.3) is 6.08 Å². The number of amides is 2. The maximum Gasteiger partial charge on any atom is 0.416 e. The zero-order chi connectivity index (χ0) is 20.7. The van der Waals surface area contributed by atoms with Crippen LogP contribution in [0.2, 0.25) is 5.02 Å². The second kappa shape index (κ2) is 9.93. The first-order chi connectivity index (χ1) is 13.2. The van der Waals surface area contributed by atoms with Crippen LogP contribution in [-0.2, 0) is 15.8 Å². The largest absolute Gasteiger partial charge is 0.416 e. The summed E-state index contributed by atoms with van der Waals surface area (Å²) in [4.78, 5) is 25.3. The lowest BCUT2D eigenvalue weighted by molar-refractivity contribution is -0.137. The molecule has 0 bridgehead atoms.